The number of ether oxygens (including phenoxy) is 1. The average molecular weight is 229 g/mol. The molecule has 0 aromatic heterocycles. The molecule has 1 unspecified atom stereocenters. The van der Waals surface area contributed by atoms with Crippen molar-refractivity contribution in [3.05, 3.63) is 34.3 Å². The van der Waals surface area contributed by atoms with E-state index >= 15 is 0 Å². The van der Waals surface area contributed by atoms with E-state index in [1.807, 2.05) is 13.0 Å². The van der Waals surface area contributed by atoms with Crippen LogP contribution in [0.5, 0.6) is 0 Å². The number of hydrogen-bond donors (Lipinski definition) is 1. The number of benzene rings is 1. The molecule has 0 aliphatic rings. The number of aliphatic hydroxyl groups is 1. The summed E-state index contributed by atoms with van der Waals surface area (Å²) in [6.07, 6.45) is -1.31. The quantitative estimate of drug-likeness (QED) is 0.808. The summed E-state index contributed by atoms with van der Waals surface area (Å²) in [5.41, 5.74) is 1.31. The summed E-state index contributed by atoms with van der Waals surface area (Å²) in [6.45, 7) is 3.78. The highest BCUT2D eigenvalue weighted by Gasteiger charge is 2.21. The highest BCUT2D eigenvalue weighted by atomic mass is 35.5. The molecule has 82 valence electrons. The van der Waals surface area contributed by atoms with Gasteiger partial charge in [-0.05, 0) is 19.9 Å². The highest BCUT2D eigenvalue weighted by molar-refractivity contribution is 6.31. The number of rotatable bonds is 3. The summed E-state index contributed by atoms with van der Waals surface area (Å²) < 4.78 is 4.71. The molecule has 0 bridgehead atoms. The Kier molecular flexibility index (Phi) is 4.12. The van der Waals surface area contributed by atoms with Gasteiger partial charge in [0.1, 0.15) is 0 Å². The molecule has 0 amide bonds. The SMILES string of the molecule is CCOC(=O)C(O)c1cc(C)ccc1Cl. The lowest BCUT2D eigenvalue weighted by Gasteiger charge is -2.12. The first-order valence-electron chi connectivity index (χ1n) is 4.67. The number of aliphatic hydroxyl groups excluding tert-OH is 1. The Morgan fingerprint density at radius 2 is 2.27 bits per heavy atom. The second-order valence-corrected chi connectivity index (χ2v) is 3.59. The van der Waals surface area contributed by atoms with E-state index in [-0.39, 0.29) is 6.61 Å². The van der Waals surface area contributed by atoms with Crippen molar-refractivity contribution in [3.8, 4) is 0 Å². The van der Waals surface area contributed by atoms with E-state index in [0.717, 1.165) is 5.56 Å². The molecule has 15 heavy (non-hydrogen) atoms. The molecule has 0 aliphatic carbocycles. The molecule has 3 nitrogen and oxygen atoms in total. The second-order valence-electron chi connectivity index (χ2n) is 3.18. The second kappa shape index (κ2) is 5.14. The van der Waals surface area contributed by atoms with Crippen molar-refractivity contribution in [2.75, 3.05) is 6.61 Å². The normalized spacial score (nSPS) is 12.3. The van der Waals surface area contributed by atoms with Crippen LogP contribution in [0.15, 0.2) is 18.2 Å². The van der Waals surface area contributed by atoms with Crippen molar-refractivity contribution in [2.45, 2.75) is 20.0 Å². The van der Waals surface area contributed by atoms with Crippen LogP contribution in [0.2, 0.25) is 5.02 Å². The zero-order chi connectivity index (χ0) is 11.4. The van der Waals surface area contributed by atoms with Gasteiger partial charge in [-0.1, -0.05) is 29.3 Å². The van der Waals surface area contributed by atoms with Gasteiger partial charge in [0.05, 0.1) is 6.61 Å². The molecular weight excluding hydrogens is 216 g/mol. The van der Waals surface area contributed by atoms with Crippen LogP contribution in [0, 0.1) is 6.92 Å². The van der Waals surface area contributed by atoms with Gasteiger partial charge in [-0.15, -0.1) is 0 Å². The van der Waals surface area contributed by atoms with Crippen molar-refractivity contribution in [3.63, 3.8) is 0 Å². The zero-order valence-electron chi connectivity index (χ0n) is 8.66. The summed E-state index contributed by atoms with van der Waals surface area (Å²) in [4.78, 5) is 11.3. The lowest BCUT2D eigenvalue weighted by atomic mass is 10.1. The summed E-state index contributed by atoms with van der Waals surface area (Å²) in [5.74, 6) is -0.676. The van der Waals surface area contributed by atoms with Crippen molar-refractivity contribution >= 4 is 17.6 Å². The van der Waals surface area contributed by atoms with E-state index in [9.17, 15) is 9.90 Å². The molecule has 0 aliphatic heterocycles. The molecule has 1 N–H and O–H groups in total. The molecule has 4 heteroatoms. The molecule has 0 spiro atoms. The van der Waals surface area contributed by atoms with E-state index in [1.165, 1.54) is 0 Å². The van der Waals surface area contributed by atoms with Crippen molar-refractivity contribution in [2.24, 2.45) is 0 Å². The molecule has 0 radical (unpaired) electrons. The predicted molar refractivity (Wildman–Crippen MR) is 57.8 cm³/mol. The van der Waals surface area contributed by atoms with Crippen LogP contribution in [0.4, 0.5) is 0 Å². The molecule has 1 aromatic rings. The Morgan fingerprint density at radius 3 is 2.87 bits per heavy atom. The van der Waals surface area contributed by atoms with E-state index in [4.69, 9.17) is 16.3 Å². The Bertz CT molecular complexity index is 363. The van der Waals surface area contributed by atoms with Crippen molar-refractivity contribution in [1.82, 2.24) is 0 Å². The number of carbonyl (C=O) groups excluding carboxylic acids is 1. The number of aryl methyl sites for hydroxylation is 1. The van der Waals surface area contributed by atoms with Gasteiger partial charge in [0.15, 0.2) is 6.10 Å². The third kappa shape index (κ3) is 2.94. The monoisotopic (exact) mass is 228 g/mol. The number of carbonyl (C=O) groups is 1. The molecule has 1 aromatic carbocycles. The van der Waals surface area contributed by atoms with Gasteiger partial charge in [-0.3, -0.25) is 0 Å². The Hall–Kier alpha value is -1.06. The van der Waals surface area contributed by atoms with Crippen LogP contribution in [0.3, 0.4) is 0 Å². The van der Waals surface area contributed by atoms with Crippen molar-refractivity contribution < 1.29 is 14.6 Å². The maximum Gasteiger partial charge on any atom is 0.339 e. The first kappa shape index (κ1) is 12.0. The van der Waals surface area contributed by atoms with E-state index in [1.54, 1.807) is 19.1 Å². The van der Waals surface area contributed by atoms with Gasteiger partial charge in [0, 0.05) is 10.6 Å². The van der Waals surface area contributed by atoms with Gasteiger partial charge >= 0.3 is 5.97 Å². The highest BCUT2D eigenvalue weighted by Crippen LogP contribution is 2.24. The first-order chi connectivity index (χ1) is 7.06. The van der Waals surface area contributed by atoms with Crippen LogP contribution in [-0.4, -0.2) is 17.7 Å². The summed E-state index contributed by atoms with van der Waals surface area (Å²) >= 11 is 5.87. The summed E-state index contributed by atoms with van der Waals surface area (Å²) in [7, 11) is 0. The lowest BCUT2D eigenvalue weighted by Crippen LogP contribution is -2.15. The van der Waals surface area contributed by atoms with Crippen molar-refractivity contribution in [1.29, 1.82) is 0 Å². The maximum atomic E-state index is 11.3. The minimum absolute atomic E-state index is 0.235. The van der Waals surface area contributed by atoms with Gasteiger partial charge in [0.2, 0.25) is 0 Å². The topological polar surface area (TPSA) is 46.5 Å². The van der Waals surface area contributed by atoms with Crippen LogP contribution >= 0.6 is 11.6 Å². The van der Waals surface area contributed by atoms with Crippen LogP contribution in [0.25, 0.3) is 0 Å². The van der Waals surface area contributed by atoms with Crippen LogP contribution in [-0.2, 0) is 9.53 Å². The average Bonchev–Trinajstić information content (AvgIpc) is 2.21. The Labute approximate surface area is 93.6 Å². The Balaban J connectivity index is 2.94. The fourth-order valence-electron chi connectivity index (χ4n) is 1.22. The molecule has 1 rings (SSSR count). The maximum absolute atomic E-state index is 11.3. The smallest absolute Gasteiger partial charge is 0.339 e. The largest absolute Gasteiger partial charge is 0.464 e. The van der Waals surface area contributed by atoms with Gasteiger partial charge in [-0.2, -0.15) is 0 Å². The third-order valence-electron chi connectivity index (χ3n) is 1.96. The number of hydrogen-bond acceptors (Lipinski definition) is 3. The predicted octanol–water partition coefficient (Wildman–Crippen LogP) is 2.24. The molecular formula is C11H13ClO3. The van der Waals surface area contributed by atoms with E-state index in [0.29, 0.717) is 10.6 Å². The molecule has 1 atom stereocenters. The standard InChI is InChI=1S/C11H13ClO3/c1-3-15-11(14)10(13)8-6-7(2)4-5-9(8)12/h4-6,10,13H,3H2,1-2H3. The Morgan fingerprint density at radius 1 is 1.60 bits per heavy atom. The molecule has 0 saturated carbocycles. The fraction of sp³-hybridized carbons (Fsp3) is 0.364. The lowest BCUT2D eigenvalue weighted by molar-refractivity contribution is -0.153. The molecule has 0 saturated heterocycles. The molecule has 0 heterocycles. The minimum atomic E-state index is -1.31. The van der Waals surface area contributed by atoms with Crippen LogP contribution < -0.4 is 0 Å². The van der Waals surface area contributed by atoms with E-state index in [2.05, 4.69) is 0 Å². The fourth-order valence-corrected chi connectivity index (χ4v) is 1.44. The summed E-state index contributed by atoms with van der Waals surface area (Å²) in [6, 6.07) is 5.13. The van der Waals surface area contributed by atoms with Gasteiger partial charge in [0.25, 0.3) is 0 Å². The number of halogens is 1. The first-order valence-corrected chi connectivity index (χ1v) is 5.04. The molecule has 0 fully saturated rings. The summed E-state index contributed by atoms with van der Waals surface area (Å²) in [5, 5.41) is 10.0. The van der Waals surface area contributed by atoms with Gasteiger partial charge < -0.3 is 9.84 Å². The minimum Gasteiger partial charge on any atom is -0.464 e. The zero-order valence-corrected chi connectivity index (χ0v) is 9.41. The van der Waals surface area contributed by atoms with Crippen LogP contribution in [0.1, 0.15) is 24.2 Å². The van der Waals surface area contributed by atoms with Gasteiger partial charge in [-0.25, -0.2) is 4.79 Å². The third-order valence-corrected chi connectivity index (χ3v) is 2.30. The number of esters is 1. The van der Waals surface area contributed by atoms with E-state index < -0.39 is 12.1 Å².